The molecule has 1 unspecified atom stereocenters. The average molecular weight is 269 g/mol. The van der Waals surface area contributed by atoms with E-state index in [0.717, 1.165) is 49.1 Å². The summed E-state index contributed by atoms with van der Waals surface area (Å²) in [5, 5.41) is 4.15. The molecule has 0 aromatic heterocycles. The molecule has 0 bridgehead atoms. The summed E-state index contributed by atoms with van der Waals surface area (Å²) in [5.41, 5.74) is 1.06. The van der Waals surface area contributed by atoms with Gasteiger partial charge in [-0.3, -0.25) is 4.90 Å². The molecule has 0 aliphatic carbocycles. The van der Waals surface area contributed by atoms with Gasteiger partial charge in [0.1, 0.15) is 12.4 Å². The zero-order valence-electron chi connectivity index (χ0n) is 11.1. The van der Waals surface area contributed by atoms with Crippen molar-refractivity contribution in [3.63, 3.8) is 0 Å². The third-order valence-corrected chi connectivity index (χ3v) is 3.82. The van der Waals surface area contributed by atoms with Gasteiger partial charge in [0.2, 0.25) is 0 Å². The molecule has 0 saturated carbocycles. The minimum atomic E-state index is 0.447. The van der Waals surface area contributed by atoms with Crippen LogP contribution in [0.15, 0.2) is 18.2 Å². The first-order chi connectivity index (χ1) is 8.66. The van der Waals surface area contributed by atoms with E-state index in [1.54, 1.807) is 0 Å². The zero-order valence-corrected chi connectivity index (χ0v) is 11.8. The van der Waals surface area contributed by atoms with Crippen LogP contribution in [-0.4, -0.2) is 43.7 Å². The highest BCUT2D eigenvalue weighted by atomic mass is 35.5. The third-order valence-electron chi connectivity index (χ3n) is 3.40. The monoisotopic (exact) mass is 268 g/mol. The maximum atomic E-state index is 5.99. The molecule has 4 heteroatoms. The smallest absolute Gasteiger partial charge is 0.119 e. The molecule has 2 rings (SSSR count). The van der Waals surface area contributed by atoms with Gasteiger partial charge in [0.05, 0.1) is 0 Å². The number of halogens is 1. The van der Waals surface area contributed by atoms with E-state index in [9.17, 15) is 0 Å². The minimum Gasteiger partial charge on any atom is -0.492 e. The van der Waals surface area contributed by atoms with Crippen LogP contribution in [0.25, 0.3) is 0 Å². The average Bonchev–Trinajstić information content (AvgIpc) is 2.41. The Hall–Kier alpha value is -0.770. The van der Waals surface area contributed by atoms with Crippen molar-refractivity contribution in [3.8, 4) is 5.75 Å². The standard InChI is InChI=1S/C14H21ClN2O/c1-11-9-13(3-4-14(11)15)18-10-12(2)17-7-5-16-6-8-17/h3-4,9,12,16H,5-8,10H2,1-2H3. The Kier molecular flexibility index (Phi) is 4.87. The maximum absolute atomic E-state index is 5.99. The van der Waals surface area contributed by atoms with Crippen LogP contribution in [0.3, 0.4) is 0 Å². The van der Waals surface area contributed by atoms with E-state index < -0.39 is 0 Å². The summed E-state index contributed by atoms with van der Waals surface area (Å²) in [6.45, 7) is 9.28. The predicted octanol–water partition coefficient (Wildman–Crippen LogP) is 2.32. The number of aryl methyl sites for hydroxylation is 1. The van der Waals surface area contributed by atoms with Crippen molar-refractivity contribution in [2.75, 3.05) is 32.8 Å². The van der Waals surface area contributed by atoms with Crippen molar-refractivity contribution in [1.82, 2.24) is 10.2 Å². The van der Waals surface area contributed by atoms with Gasteiger partial charge in [0, 0.05) is 37.2 Å². The molecule has 1 saturated heterocycles. The van der Waals surface area contributed by atoms with Gasteiger partial charge in [-0.2, -0.15) is 0 Å². The van der Waals surface area contributed by atoms with E-state index in [-0.39, 0.29) is 0 Å². The molecule has 0 amide bonds. The van der Waals surface area contributed by atoms with Gasteiger partial charge in [0.25, 0.3) is 0 Å². The van der Waals surface area contributed by atoms with Crippen molar-refractivity contribution < 1.29 is 4.74 Å². The maximum Gasteiger partial charge on any atom is 0.119 e. The summed E-state index contributed by atoms with van der Waals surface area (Å²) in [7, 11) is 0. The lowest BCUT2D eigenvalue weighted by Gasteiger charge is -2.32. The zero-order chi connectivity index (χ0) is 13.0. The summed E-state index contributed by atoms with van der Waals surface area (Å²) in [6, 6.07) is 6.26. The Balaban J connectivity index is 1.84. The first-order valence-electron chi connectivity index (χ1n) is 6.50. The van der Waals surface area contributed by atoms with Gasteiger partial charge in [-0.15, -0.1) is 0 Å². The lowest BCUT2D eigenvalue weighted by molar-refractivity contribution is 0.132. The highest BCUT2D eigenvalue weighted by Gasteiger charge is 2.16. The lowest BCUT2D eigenvalue weighted by atomic mass is 10.2. The Morgan fingerprint density at radius 2 is 2.11 bits per heavy atom. The topological polar surface area (TPSA) is 24.5 Å². The fourth-order valence-electron chi connectivity index (χ4n) is 2.15. The van der Waals surface area contributed by atoms with Gasteiger partial charge in [-0.05, 0) is 37.6 Å². The lowest BCUT2D eigenvalue weighted by Crippen LogP contribution is -2.49. The molecule has 1 aromatic rings. The number of rotatable bonds is 4. The molecule has 18 heavy (non-hydrogen) atoms. The number of nitrogens with zero attached hydrogens (tertiary/aromatic N) is 1. The SMILES string of the molecule is Cc1cc(OCC(C)N2CCNCC2)ccc1Cl. The van der Waals surface area contributed by atoms with Crippen LogP contribution in [-0.2, 0) is 0 Å². The van der Waals surface area contributed by atoms with Crippen LogP contribution in [0, 0.1) is 6.92 Å². The molecule has 1 atom stereocenters. The number of hydrogen-bond donors (Lipinski definition) is 1. The molecule has 1 heterocycles. The second-order valence-corrected chi connectivity index (χ2v) is 5.26. The van der Waals surface area contributed by atoms with Crippen LogP contribution < -0.4 is 10.1 Å². The summed E-state index contributed by atoms with van der Waals surface area (Å²) in [6.07, 6.45) is 0. The molecule has 3 nitrogen and oxygen atoms in total. The van der Waals surface area contributed by atoms with Gasteiger partial charge in [-0.1, -0.05) is 11.6 Å². The van der Waals surface area contributed by atoms with Gasteiger partial charge < -0.3 is 10.1 Å². The van der Waals surface area contributed by atoms with Gasteiger partial charge in [0.15, 0.2) is 0 Å². The van der Waals surface area contributed by atoms with Crippen LogP contribution >= 0.6 is 11.6 Å². The summed E-state index contributed by atoms with van der Waals surface area (Å²) in [5.74, 6) is 0.902. The van der Waals surface area contributed by atoms with Crippen LogP contribution in [0.5, 0.6) is 5.75 Å². The van der Waals surface area contributed by atoms with Crippen LogP contribution in [0.1, 0.15) is 12.5 Å². The van der Waals surface area contributed by atoms with Crippen molar-refractivity contribution in [1.29, 1.82) is 0 Å². The van der Waals surface area contributed by atoms with Crippen molar-refractivity contribution in [2.24, 2.45) is 0 Å². The van der Waals surface area contributed by atoms with E-state index in [1.807, 2.05) is 25.1 Å². The van der Waals surface area contributed by atoms with Crippen molar-refractivity contribution in [3.05, 3.63) is 28.8 Å². The highest BCUT2D eigenvalue weighted by Crippen LogP contribution is 2.21. The molecule has 1 aliphatic rings. The molecular weight excluding hydrogens is 248 g/mol. The Bertz CT molecular complexity index is 391. The first-order valence-corrected chi connectivity index (χ1v) is 6.88. The van der Waals surface area contributed by atoms with Crippen LogP contribution in [0.2, 0.25) is 5.02 Å². The molecule has 0 radical (unpaired) electrons. The van der Waals surface area contributed by atoms with E-state index in [0.29, 0.717) is 6.04 Å². The van der Waals surface area contributed by atoms with Gasteiger partial charge in [-0.25, -0.2) is 0 Å². The van der Waals surface area contributed by atoms with E-state index in [2.05, 4.69) is 17.1 Å². The second kappa shape index (κ2) is 6.41. The Morgan fingerprint density at radius 3 is 2.78 bits per heavy atom. The molecule has 0 spiro atoms. The van der Waals surface area contributed by atoms with E-state index in [1.165, 1.54) is 0 Å². The summed E-state index contributed by atoms with van der Waals surface area (Å²) < 4.78 is 5.84. The number of benzene rings is 1. The number of nitrogens with one attached hydrogen (secondary N) is 1. The van der Waals surface area contributed by atoms with Crippen molar-refractivity contribution in [2.45, 2.75) is 19.9 Å². The predicted molar refractivity (Wildman–Crippen MR) is 75.6 cm³/mol. The molecule has 1 fully saturated rings. The fraction of sp³-hybridized carbons (Fsp3) is 0.571. The first kappa shape index (κ1) is 13.7. The molecular formula is C14H21ClN2O. The molecule has 100 valence electrons. The summed E-state index contributed by atoms with van der Waals surface area (Å²) >= 11 is 5.99. The fourth-order valence-corrected chi connectivity index (χ4v) is 2.27. The second-order valence-electron chi connectivity index (χ2n) is 4.86. The number of piperazine rings is 1. The van der Waals surface area contributed by atoms with E-state index >= 15 is 0 Å². The molecule has 1 aromatic carbocycles. The normalized spacial score (nSPS) is 18.6. The molecule has 1 N–H and O–H groups in total. The Morgan fingerprint density at radius 1 is 1.39 bits per heavy atom. The highest BCUT2D eigenvalue weighted by molar-refractivity contribution is 6.31. The van der Waals surface area contributed by atoms with Crippen molar-refractivity contribution >= 4 is 11.6 Å². The summed E-state index contributed by atoms with van der Waals surface area (Å²) in [4.78, 5) is 2.46. The minimum absolute atomic E-state index is 0.447. The quantitative estimate of drug-likeness (QED) is 0.907. The third kappa shape index (κ3) is 3.61. The Labute approximate surface area is 114 Å². The number of hydrogen-bond acceptors (Lipinski definition) is 3. The molecule has 1 aliphatic heterocycles. The largest absolute Gasteiger partial charge is 0.492 e. The van der Waals surface area contributed by atoms with Crippen LogP contribution in [0.4, 0.5) is 0 Å². The number of ether oxygens (including phenoxy) is 1. The van der Waals surface area contributed by atoms with Gasteiger partial charge >= 0.3 is 0 Å². The van der Waals surface area contributed by atoms with E-state index in [4.69, 9.17) is 16.3 Å².